The van der Waals surface area contributed by atoms with Crippen molar-refractivity contribution in [3.05, 3.63) is 28.1 Å². The van der Waals surface area contributed by atoms with Gasteiger partial charge in [-0.2, -0.15) is 0 Å². The summed E-state index contributed by atoms with van der Waals surface area (Å²) in [5.41, 5.74) is 0.646. The summed E-state index contributed by atoms with van der Waals surface area (Å²) < 4.78 is 11.6. The van der Waals surface area contributed by atoms with E-state index >= 15 is 0 Å². The van der Waals surface area contributed by atoms with Crippen molar-refractivity contribution in [3.8, 4) is 5.75 Å². The van der Waals surface area contributed by atoms with Crippen LogP contribution in [0.2, 0.25) is 0 Å². The van der Waals surface area contributed by atoms with Gasteiger partial charge in [0.05, 0.1) is 16.3 Å². The quantitative estimate of drug-likeness (QED) is 0.549. The Morgan fingerprint density at radius 2 is 2.10 bits per heavy atom. The summed E-state index contributed by atoms with van der Waals surface area (Å²) in [4.78, 5) is 41.6. The number of amides is 1. The number of benzene rings is 1. The Morgan fingerprint density at radius 1 is 1.30 bits per heavy atom. The fourth-order valence-corrected chi connectivity index (χ4v) is 5.07. The number of aromatic nitrogens is 1. The molecule has 0 unspecified atom stereocenters. The second-order valence-electron chi connectivity index (χ2n) is 6.58. The summed E-state index contributed by atoms with van der Waals surface area (Å²) in [5, 5.41) is 32.5. The average molecular weight is 453 g/mol. The molecule has 3 heterocycles. The third-order valence-electron chi connectivity index (χ3n) is 4.52. The molecule has 2 aliphatic rings. The number of aliphatic hydroxyl groups is 2. The van der Waals surface area contributed by atoms with Gasteiger partial charge in [-0.3, -0.25) is 9.79 Å². The predicted molar refractivity (Wildman–Crippen MR) is 107 cm³/mol. The van der Waals surface area contributed by atoms with Gasteiger partial charge < -0.3 is 24.8 Å². The summed E-state index contributed by atoms with van der Waals surface area (Å²) in [7, 11) is 0. The van der Waals surface area contributed by atoms with Crippen LogP contribution in [0.15, 0.2) is 28.4 Å². The molecular weight excluding hydrogens is 438 g/mol. The molecule has 0 bridgehead atoms. The molecule has 4 rings (SSSR count). The first kappa shape index (κ1) is 20.8. The molecule has 13 heteroatoms. The topological polar surface area (TPSA) is 168 Å². The van der Waals surface area contributed by atoms with Gasteiger partial charge in [0.2, 0.25) is 6.29 Å². The molecule has 1 amide bonds. The van der Waals surface area contributed by atoms with Crippen LogP contribution < -0.4 is 4.74 Å². The van der Waals surface area contributed by atoms with Gasteiger partial charge in [0, 0.05) is 17.4 Å². The van der Waals surface area contributed by atoms with E-state index in [1.54, 1.807) is 18.2 Å². The number of ether oxygens (including phenoxy) is 2. The number of carboxylic acids is 1. The highest BCUT2D eigenvalue weighted by molar-refractivity contribution is 8.15. The molecule has 0 spiro atoms. The summed E-state index contributed by atoms with van der Waals surface area (Å²) in [6.45, 7) is 0. The second-order valence-corrected chi connectivity index (χ2v) is 8.62. The smallest absolute Gasteiger partial charge is 0.329 e. The van der Waals surface area contributed by atoms with E-state index in [0.717, 1.165) is 4.70 Å². The maximum Gasteiger partial charge on any atom is 0.329 e. The van der Waals surface area contributed by atoms with Gasteiger partial charge in [0.1, 0.15) is 28.0 Å². The molecule has 0 radical (unpaired) electrons. The van der Waals surface area contributed by atoms with Crippen LogP contribution in [0, 0.1) is 4.91 Å². The zero-order chi connectivity index (χ0) is 21.4. The van der Waals surface area contributed by atoms with Gasteiger partial charge in [-0.25, -0.2) is 9.78 Å². The van der Waals surface area contributed by atoms with Crippen LogP contribution in [0.5, 0.6) is 5.75 Å². The fourth-order valence-electron chi connectivity index (χ4n) is 2.97. The van der Waals surface area contributed by atoms with E-state index < -0.39 is 42.5 Å². The highest BCUT2D eigenvalue weighted by Crippen LogP contribution is 2.33. The number of rotatable bonds is 5. The monoisotopic (exact) mass is 453 g/mol. The Labute approximate surface area is 176 Å². The van der Waals surface area contributed by atoms with Gasteiger partial charge in [0.15, 0.2) is 6.04 Å². The molecule has 1 saturated heterocycles. The number of carbonyl (C=O) groups is 2. The number of nitroso groups, excluding NO2 is 1. The largest absolute Gasteiger partial charge is 0.480 e. The van der Waals surface area contributed by atoms with Gasteiger partial charge in [-0.05, 0) is 18.2 Å². The van der Waals surface area contributed by atoms with E-state index in [1.165, 1.54) is 23.1 Å². The molecule has 0 aliphatic carbocycles. The average Bonchev–Trinajstić information content (AvgIpc) is 3.37. The molecule has 3 N–H and O–H groups in total. The minimum atomic E-state index is -1.43. The number of aliphatic imine (C=N–C) groups is 1. The molecule has 11 nitrogen and oxygen atoms in total. The first-order chi connectivity index (χ1) is 14.4. The van der Waals surface area contributed by atoms with Crippen molar-refractivity contribution in [3.63, 3.8) is 0 Å². The summed E-state index contributed by atoms with van der Waals surface area (Å²) in [6.07, 6.45) is -5.69. The Bertz CT molecular complexity index is 1040. The first-order valence-electron chi connectivity index (χ1n) is 8.75. The number of carbonyl (C=O) groups excluding carboxylic acids is 1. The predicted octanol–water partition coefficient (Wildman–Crippen LogP) is 0.751. The van der Waals surface area contributed by atoms with Gasteiger partial charge in [-0.15, -0.1) is 28.0 Å². The SMILES string of the molecule is O=NC(=O)[C@@H]1C[C@H](O)[C@@H](O)[C@H](Oc2ccc3nc(C4=N[C@@H](C(=O)O)CS4)sc3c2)O1. The van der Waals surface area contributed by atoms with Gasteiger partial charge in [0.25, 0.3) is 0 Å². The van der Waals surface area contributed by atoms with Crippen LogP contribution in [-0.2, 0) is 14.3 Å². The summed E-state index contributed by atoms with van der Waals surface area (Å²) in [6, 6.07) is 4.09. The Hall–Kier alpha value is -2.45. The van der Waals surface area contributed by atoms with Crippen molar-refractivity contribution in [1.29, 1.82) is 0 Å². The number of fused-ring (bicyclic) bond motifs is 1. The maximum atomic E-state index is 11.5. The number of carboxylic acid groups (broad SMARTS) is 1. The molecule has 1 fully saturated rings. The van der Waals surface area contributed by atoms with Crippen LogP contribution in [0.4, 0.5) is 0 Å². The minimum absolute atomic E-state index is 0.264. The maximum absolute atomic E-state index is 11.5. The van der Waals surface area contributed by atoms with E-state index in [0.29, 0.717) is 21.3 Å². The number of nitrogens with zero attached hydrogens (tertiary/aromatic N) is 3. The molecule has 5 atom stereocenters. The highest BCUT2D eigenvalue weighted by atomic mass is 32.2. The normalized spacial score (nSPS) is 28.9. The molecule has 2 aliphatic heterocycles. The van der Waals surface area contributed by atoms with Crippen LogP contribution in [0.25, 0.3) is 10.2 Å². The molecule has 2 aromatic rings. The van der Waals surface area contributed by atoms with E-state index in [9.17, 15) is 24.7 Å². The van der Waals surface area contributed by atoms with Crippen molar-refractivity contribution in [2.75, 3.05) is 5.75 Å². The zero-order valence-corrected chi connectivity index (χ0v) is 16.7. The number of aliphatic hydroxyl groups excluding tert-OH is 2. The van der Waals surface area contributed by atoms with E-state index in [4.69, 9.17) is 14.6 Å². The number of hydrogen-bond acceptors (Lipinski definition) is 11. The number of aliphatic carboxylic acids is 1. The Balaban J connectivity index is 1.54. The lowest BCUT2D eigenvalue weighted by Gasteiger charge is -2.35. The van der Waals surface area contributed by atoms with Crippen LogP contribution in [0.1, 0.15) is 11.4 Å². The lowest BCUT2D eigenvalue weighted by molar-refractivity contribution is -0.231. The van der Waals surface area contributed by atoms with Gasteiger partial charge >= 0.3 is 11.9 Å². The number of thioether (sulfide) groups is 1. The van der Waals surface area contributed by atoms with Crippen molar-refractivity contribution in [1.82, 2.24) is 4.98 Å². The van der Waals surface area contributed by atoms with Crippen molar-refractivity contribution in [2.45, 2.75) is 37.1 Å². The molecule has 30 heavy (non-hydrogen) atoms. The highest BCUT2D eigenvalue weighted by Gasteiger charge is 2.41. The zero-order valence-electron chi connectivity index (χ0n) is 15.1. The molecule has 1 aromatic carbocycles. The third kappa shape index (κ3) is 4.06. The van der Waals surface area contributed by atoms with Crippen LogP contribution in [0.3, 0.4) is 0 Å². The lowest BCUT2D eigenvalue weighted by Crippen LogP contribution is -2.52. The fraction of sp³-hybridized carbons (Fsp3) is 0.412. The molecule has 1 aromatic heterocycles. The molecule has 158 valence electrons. The lowest BCUT2D eigenvalue weighted by atomic mass is 10.0. The molecule has 0 saturated carbocycles. The molecular formula is C17H15N3O8S2. The Morgan fingerprint density at radius 3 is 2.80 bits per heavy atom. The first-order valence-corrected chi connectivity index (χ1v) is 10.6. The minimum Gasteiger partial charge on any atom is -0.480 e. The van der Waals surface area contributed by atoms with Crippen molar-refractivity contribution < 1.29 is 34.4 Å². The Kier molecular flexibility index (Phi) is 5.79. The van der Waals surface area contributed by atoms with Crippen LogP contribution >= 0.6 is 23.1 Å². The summed E-state index contributed by atoms with van der Waals surface area (Å²) >= 11 is 2.62. The van der Waals surface area contributed by atoms with E-state index in [-0.39, 0.29) is 12.2 Å². The number of hydrogen-bond donors (Lipinski definition) is 3. The van der Waals surface area contributed by atoms with E-state index in [2.05, 4.69) is 15.2 Å². The van der Waals surface area contributed by atoms with Gasteiger partial charge in [-0.1, -0.05) is 0 Å². The van der Waals surface area contributed by atoms with Crippen LogP contribution in [-0.4, -0.2) is 73.6 Å². The standard InChI is InChI=1S/C17H15N3O8S2/c21-9-4-10(13(23)20-26)28-17(12(9)22)27-6-1-2-7-11(3-6)30-15(18-7)14-19-8(5-29-14)16(24)25/h1-3,8-10,12,17,21-22H,4-5H2,(H,24,25)/t8-,9+,10+,12-,17-/m1/s1. The summed E-state index contributed by atoms with van der Waals surface area (Å²) in [5.74, 6) is -1.44. The number of thiazole rings is 1. The van der Waals surface area contributed by atoms with Crippen molar-refractivity contribution in [2.24, 2.45) is 10.2 Å². The second kappa shape index (κ2) is 8.35. The van der Waals surface area contributed by atoms with Crippen molar-refractivity contribution >= 4 is 50.2 Å². The van der Waals surface area contributed by atoms with E-state index in [1.807, 2.05) is 0 Å². The third-order valence-corrected chi connectivity index (χ3v) is 6.73.